The number of piperidine rings is 1. The minimum absolute atomic E-state index is 0.00589. The number of fused-ring (bicyclic) bond motifs is 2. The highest BCUT2D eigenvalue weighted by molar-refractivity contribution is 6.04. The molecule has 0 bridgehead atoms. The van der Waals surface area contributed by atoms with E-state index in [-0.39, 0.29) is 29.2 Å². The average Bonchev–Trinajstić information content (AvgIpc) is 3.34. The van der Waals surface area contributed by atoms with Crippen LogP contribution in [0.1, 0.15) is 40.5 Å². The number of nitrogens with zero attached hydrogens (tertiary/aromatic N) is 5. The van der Waals surface area contributed by atoms with Crippen LogP contribution >= 0.6 is 0 Å². The molecule has 3 aromatic heterocycles. The maximum atomic E-state index is 13.0. The highest BCUT2D eigenvalue weighted by Crippen LogP contribution is 2.36. The van der Waals surface area contributed by atoms with Crippen LogP contribution in [-0.2, 0) is 11.0 Å². The molecule has 2 atom stereocenters. The first kappa shape index (κ1) is 25.7. The summed E-state index contributed by atoms with van der Waals surface area (Å²) in [6.45, 7) is 1.68. The van der Waals surface area contributed by atoms with Crippen molar-refractivity contribution in [3.8, 4) is 11.3 Å². The summed E-state index contributed by atoms with van der Waals surface area (Å²) >= 11 is 0. The van der Waals surface area contributed by atoms with Crippen LogP contribution in [0.15, 0.2) is 55.0 Å². The zero-order chi connectivity index (χ0) is 28.0. The number of aromatic nitrogens is 4. The summed E-state index contributed by atoms with van der Waals surface area (Å²) in [5.74, 6) is 0.350. The van der Waals surface area contributed by atoms with E-state index in [1.54, 1.807) is 36.7 Å². The number of imidazole rings is 1. The number of nitrogens with one attached hydrogen (secondary N) is 2. The fourth-order valence-corrected chi connectivity index (χ4v) is 5.42. The first-order valence-electron chi connectivity index (χ1n) is 12.8. The van der Waals surface area contributed by atoms with Gasteiger partial charge in [0.2, 0.25) is 5.91 Å². The minimum atomic E-state index is -4.55. The number of rotatable bonds is 4. The summed E-state index contributed by atoms with van der Waals surface area (Å²) in [4.78, 5) is 40.2. The number of nitrogens with two attached hydrogens (primary N) is 1. The molecule has 13 heteroatoms. The van der Waals surface area contributed by atoms with Crippen LogP contribution in [0.25, 0.3) is 16.8 Å². The zero-order valence-corrected chi connectivity index (χ0v) is 21.2. The third-order valence-electron chi connectivity index (χ3n) is 7.41. The van der Waals surface area contributed by atoms with Crippen LogP contribution in [0.3, 0.4) is 0 Å². The Labute approximate surface area is 226 Å². The van der Waals surface area contributed by atoms with Crippen molar-refractivity contribution in [1.29, 1.82) is 0 Å². The molecular weight excluding hydrogens is 525 g/mol. The van der Waals surface area contributed by atoms with Gasteiger partial charge in [0.25, 0.3) is 5.91 Å². The fraction of sp³-hybridized carbons (Fsp3) is 0.296. The Morgan fingerprint density at radius 2 is 1.90 bits per heavy atom. The number of benzene rings is 1. The van der Waals surface area contributed by atoms with E-state index in [0.717, 1.165) is 43.5 Å². The van der Waals surface area contributed by atoms with E-state index in [9.17, 15) is 22.8 Å². The fourth-order valence-electron chi connectivity index (χ4n) is 5.42. The van der Waals surface area contributed by atoms with Gasteiger partial charge in [0.1, 0.15) is 28.7 Å². The second kappa shape index (κ2) is 9.90. The van der Waals surface area contributed by atoms with Crippen molar-refractivity contribution in [3.05, 3.63) is 71.9 Å². The summed E-state index contributed by atoms with van der Waals surface area (Å²) in [7, 11) is 0. The van der Waals surface area contributed by atoms with Crippen molar-refractivity contribution >= 4 is 29.0 Å². The molecule has 40 heavy (non-hydrogen) atoms. The monoisotopic (exact) mass is 550 g/mol. The molecule has 2 fully saturated rings. The van der Waals surface area contributed by atoms with Crippen molar-refractivity contribution in [1.82, 2.24) is 29.6 Å². The van der Waals surface area contributed by atoms with Crippen LogP contribution in [0.5, 0.6) is 0 Å². The van der Waals surface area contributed by atoms with Gasteiger partial charge in [-0.1, -0.05) is 12.1 Å². The number of carbonyl (C=O) groups excluding carboxylic acids is 2. The Balaban J connectivity index is 1.28. The summed E-state index contributed by atoms with van der Waals surface area (Å²) in [5.41, 5.74) is 7.49. The van der Waals surface area contributed by atoms with Crippen LogP contribution in [0.4, 0.5) is 24.8 Å². The molecule has 10 nitrogen and oxygen atoms in total. The molecule has 5 heterocycles. The predicted octanol–water partition coefficient (Wildman–Crippen LogP) is 3.32. The van der Waals surface area contributed by atoms with Gasteiger partial charge >= 0.3 is 6.18 Å². The molecule has 2 amide bonds. The first-order chi connectivity index (χ1) is 19.2. The van der Waals surface area contributed by atoms with Crippen molar-refractivity contribution in [2.24, 2.45) is 0 Å². The molecule has 2 saturated heterocycles. The molecule has 4 aromatic rings. The number of carbonyl (C=O) groups is 2. The molecule has 1 aromatic carbocycles. The quantitative estimate of drug-likeness (QED) is 0.355. The Kier molecular flexibility index (Phi) is 6.37. The van der Waals surface area contributed by atoms with Crippen molar-refractivity contribution < 1.29 is 22.8 Å². The molecular formula is C27H25F3N8O2. The van der Waals surface area contributed by atoms with E-state index in [4.69, 9.17) is 10.7 Å². The van der Waals surface area contributed by atoms with Crippen LogP contribution in [0.2, 0.25) is 0 Å². The van der Waals surface area contributed by atoms with Gasteiger partial charge in [0.05, 0.1) is 12.1 Å². The molecule has 2 aliphatic rings. The Hall–Kier alpha value is -4.52. The number of halogens is 3. The van der Waals surface area contributed by atoms with Crippen molar-refractivity contribution in [3.63, 3.8) is 0 Å². The van der Waals surface area contributed by atoms with E-state index in [2.05, 4.69) is 20.6 Å². The largest absolute Gasteiger partial charge is 0.416 e. The van der Waals surface area contributed by atoms with E-state index in [1.807, 2.05) is 9.30 Å². The van der Waals surface area contributed by atoms with Crippen LogP contribution in [0, 0.1) is 0 Å². The summed E-state index contributed by atoms with van der Waals surface area (Å²) in [5, 5.41) is 5.58. The van der Waals surface area contributed by atoms with Gasteiger partial charge in [-0.05, 0) is 37.1 Å². The molecule has 0 saturated carbocycles. The van der Waals surface area contributed by atoms with Crippen molar-refractivity contribution in [2.45, 2.75) is 31.0 Å². The number of nitrogen functional groups attached to an aromatic ring is 1. The standard InChI is InChI=1S/C27H25F3N8O2/c28-27(29,30)18-7-8-33-20(11-18)35-26(40)16-3-1-15(2-4-16)22-23-24(31)34-9-10-37(23)25(36-22)17-5-6-19-12-32-13-21(39)38(19)14-17/h1-4,7-11,17,19,32H,5-6,12-14H2,(H2,31,34)(H,33,35,40). The van der Waals surface area contributed by atoms with Gasteiger partial charge in [0, 0.05) is 54.8 Å². The molecule has 2 aliphatic heterocycles. The second-order valence-electron chi connectivity index (χ2n) is 9.91. The number of anilines is 2. The normalized spacial score (nSPS) is 19.5. The highest BCUT2D eigenvalue weighted by Gasteiger charge is 2.36. The SMILES string of the molecule is Nc1nccn2c(C3CCC4CNCC(=O)N4C3)nc(-c3ccc(C(=O)Nc4cc(C(F)(F)F)ccn4)cc3)c12. The van der Waals surface area contributed by atoms with E-state index in [0.29, 0.717) is 35.7 Å². The van der Waals surface area contributed by atoms with Crippen molar-refractivity contribution in [2.75, 3.05) is 30.7 Å². The third-order valence-corrected chi connectivity index (χ3v) is 7.41. The summed E-state index contributed by atoms with van der Waals surface area (Å²) < 4.78 is 40.9. The van der Waals surface area contributed by atoms with Gasteiger partial charge in [0.15, 0.2) is 0 Å². The topological polar surface area (TPSA) is 131 Å². The molecule has 0 spiro atoms. The van der Waals surface area contributed by atoms with Gasteiger partial charge in [-0.3, -0.25) is 14.0 Å². The highest BCUT2D eigenvalue weighted by atomic mass is 19.4. The van der Waals surface area contributed by atoms with E-state index < -0.39 is 17.6 Å². The van der Waals surface area contributed by atoms with Gasteiger partial charge in [-0.25, -0.2) is 15.0 Å². The number of amides is 2. The number of hydrogen-bond donors (Lipinski definition) is 3. The molecule has 206 valence electrons. The van der Waals surface area contributed by atoms with Crippen LogP contribution in [-0.4, -0.2) is 61.7 Å². The van der Waals surface area contributed by atoms with Crippen LogP contribution < -0.4 is 16.4 Å². The lowest BCUT2D eigenvalue weighted by atomic mass is 9.91. The number of pyridine rings is 1. The predicted molar refractivity (Wildman–Crippen MR) is 140 cm³/mol. The molecule has 6 rings (SSSR count). The maximum Gasteiger partial charge on any atom is 0.416 e. The molecule has 4 N–H and O–H groups in total. The summed E-state index contributed by atoms with van der Waals surface area (Å²) in [6.07, 6.45) is 1.57. The lowest BCUT2D eigenvalue weighted by Crippen LogP contribution is -2.57. The molecule has 0 radical (unpaired) electrons. The van der Waals surface area contributed by atoms with E-state index >= 15 is 0 Å². The third kappa shape index (κ3) is 4.72. The zero-order valence-electron chi connectivity index (χ0n) is 21.2. The molecule has 0 aliphatic carbocycles. The van der Waals surface area contributed by atoms with E-state index in [1.165, 1.54) is 0 Å². The number of piperazine rings is 1. The average molecular weight is 551 g/mol. The maximum absolute atomic E-state index is 13.0. The number of hydrogen-bond acceptors (Lipinski definition) is 7. The second-order valence-corrected chi connectivity index (χ2v) is 9.91. The lowest BCUT2D eigenvalue weighted by molar-refractivity contribution is -0.138. The Morgan fingerprint density at radius 1 is 1.10 bits per heavy atom. The smallest absolute Gasteiger partial charge is 0.382 e. The molecule has 2 unspecified atom stereocenters. The lowest BCUT2D eigenvalue weighted by Gasteiger charge is -2.42. The number of alkyl halides is 3. The van der Waals surface area contributed by atoms with Gasteiger partial charge < -0.3 is 21.3 Å². The Bertz CT molecular complexity index is 1600. The first-order valence-corrected chi connectivity index (χ1v) is 12.8. The Morgan fingerprint density at radius 3 is 2.67 bits per heavy atom. The van der Waals surface area contributed by atoms with Gasteiger partial charge in [-0.2, -0.15) is 13.2 Å². The minimum Gasteiger partial charge on any atom is -0.382 e. The van der Waals surface area contributed by atoms with Gasteiger partial charge in [-0.15, -0.1) is 0 Å². The summed E-state index contributed by atoms with van der Waals surface area (Å²) in [6, 6.07) is 8.30.